The Labute approximate surface area is 180 Å². The minimum absolute atomic E-state index is 0.150. The zero-order valence-electron chi connectivity index (χ0n) is 20.1. The topological polar surface area (TPSA) is 52.6 Å². The quantitative estimate of drug-likeness (QED) is 0.229. The van der Waals surface area contributed by atoms with Gasteiger partial charge in [-0.15, -0.1) is 0 Å². The summed E-state index contributed by atoms with van der Waals surface area (Å²) in [6.07, 6.45) is 10.9. The molecule has 0 aliphatic carbocycles. The van der Waals surface area contributed by atoms with Crippen LogP contribution in [-0.4, -0.2) is 25.2 Å². The van der Waals surface area contributed by atoms with Crippen molar-refractivity contribution in [2.45, 2.75) is 112 Å². The lowest BCUT2D eigenvalue weighted by atomic mass is 9.90. The van der Waals surface area contributed by atoms with E-state index >= 15 is 0 Å². The maximum absolute atomic E-state index is 12.6. The predicted molar refractivity (Wildman–Crippen MR) is 121 cm³/mol. The molecule has 4 heteroatoms. The molecule has 0 heterocycles. The number of carbonyl (C=O) groups is 2. The molecule has 4 unspecified atom stereocenters. The molecule has 0 N–H and O–H groups in total. The lowest BCUT2D eigenvalue weighted by Crippen LogP contribution is -2.27. The molecule has 0 aliphatic rings. The second-order valence-corrected chi connectivity index (χ2v) is 8.54. The Hall–Kier alpha value is -1.06. The Morgan fingerprint density at radius 2 is 1.00 bits per heavy atom. The maximum Gasteiger partial charge on any atom is 0.308 e. The van der Waals surface area contributed by atoms with Gasteiger partial charge in [0.2, 0.25) is 0 Å². The van der Waals surface area contributed by atoms with Crippen molar-refractivity contribution in [1.29, 1.82) is 0 Å². The van der Waals surface area contributed by atoms with Gasteiger partial charge in [0, 0.05) is 0 Å². The number of hydrogen-bond acceptors (Lipinski definition) is 4. The van der Waals surface area contributed by atoms with E-state index in [1.54, 1.807) is 0 Å². The summed E-state index contributed by atoms with van der Waals surface area (Å²) in [7, 11) is 0. The highest BCUT2D eigenvalue weighted by Crippen LogP contribution is 2.23. The van der Waals surface area contributed by atoms with Crippen molar-refractivity contribution < 1.29 is 19.1 Å². The van der Waals surface area contributed by atoms with Crippen LogP contribution in [0.25, 0.3) is 0 Å². The van der Waals surface area contributed by atoms with Gasteiger partial charge in [-0.05, 0) is 43.9 Å². The third-order valence-corrected chi connectivity index (χ3v) is 6.23. The molecule has 0 aromatic carbocycles. The fourth-order valence-electron chi connectivity index (χ4n) is 3.63. The molecule has 0 bridgehead atoms. The average Bonchev–Trinajstić information content (AvgIpc) is 2.74. The fourth-order valence-corrected chi connectivity index (χ4v) is 3.63. The minimum Gasteiger partial charge on any atom is -0.465 e. The van der Waals surface area contributed by atoms with Gasteiger partial charge < -0.3 is 9.47 Å². The second kappa shape index (κ2) is 17.8. The normalized spacial score (nSPS) is 15.4. The Kier molecular flexibility index (Phi) is 17.1. The van der Waals surface area contributed by atoms with E-state index in [0.29, 0.717) is 44.3 Å². The van der Waals surface area contributed by atoms with Crippen LogP contribution in [0, 0.1) is 23.7 Å². The first-order chi connectivity index (χ1) is 14.0. The van der Waals surface area contributed by atoms with E-state index in [-0.39, 0.29) is 23.8 Å². The first-order valence-corrected chi connectivity index (χ1v) is 12.3. The summed E-state index contributed by atoms with van der Waals surface area (Å²) in [6, 6.07) is 0. The summed E-state index contributed by atoms with van der Waals surface area (Å²) < 4.78 is 11.3. The summed E-state index contributed by atoms with van der Waals surface area (Å²) >= 11 is 0. The molecule has 172 valence electrons. The third kappa shape index (κ3) is 12.3. The Morgan fingerprint density at radius 3 is 1.28 bits per heavy atom. The van der Waals surface area contributed by atoms with Gasteiger partial charge in [0.1, 0.15) is 0 Å². The average molecular weight is 413 g/mol. The molecule has 29 heavy (non-hydrogen) atoms. The standard InChI is InChI=1S/C25H48O4/c1-7-13-15-20(9-3)18-28-24(26)22(11-5)17-23(12-6)25(27)29-19-21(10-4)16-14-8-2/h20-23H,7-19H2,1-6H3. The predicted octanol–water partition coefficient (Wildman–Crippen LogP) is 6.95. The number of rotatable bonds is 18. The molecule has 0 saturated carbocycles. The molecule has 0 fully saturated rings. The molecular weight excluding hydrogens is 364 g/mol. The van der Waals surface area contributed by atoms with Crippen LogP contribution in [0.15, 0.2) is 0 Å². The Bertz CT molecular complexity index is 383. The van der Waals surface area contributed by atoms with E-state index in [4.69, 9.17) is 9.47 Å². The summed E-state index contributed by atoms with van der Waals surface area (Å²) in [5, 5.41) is 0. The highest BCUT2D eigenvalue weighted by molar-refractivity contribution is 5.76. The Morgan fingerprint density at radius 1 is 0.621 bits per heavy atom. The van der Waals surface area contributed by atoms with Crippen LogP contribution in [0.3, 0.4) is 0 Å². The zero-order chi connectivity index (χ0) is 22.1. The number of carbonyl (C=O) groups excluding carboxylic acids is 2. The van der Waals surface area contributed by atoms with Crippen LogP contribution in [0.1, 0.15) is 112 Å². The fraction of sp³-hybridized carbons (Fsp3) is 0.920. The molecular formula is C25H48O4. The minimum atomic E-state index is -0.224. The van der Waals surface area contributed by atoms with Crippen molar-refractivity contribution in [3.05, 3.63) is 0 Å². The zero-order valence-corrected chi connectivity index (χ0v) is 20.1. The SMILES string of the molecule is CCCCC(CC)COC(=O)C(CC)CC(CC)C(=O)OCC(CC)CCCC. The van der Waals surface area contributed by atoms with E-state index < -0.39 is 0 Å². The molecule has 0 rings (SSSR count). The van der Waals surface area contributed by atoms with Gasteiger partial charge in [-0.3, -0.25) is 9.59 Å². The molecule has 4 nitrogen and oxygen atoms in total. The van der Waals surface area contributed by atoms with Gasteiger partial charge >= 0.3 is 11.9 Å². The summed E-state index contributed by atoms with van der Waals surface area (Å²) in [6.45, 7) is 13.7. The van der Waals surface area contributed by atoms with Gasteiger partial charge in [0.25, 0.3) is 0 Å². The van der Waals surface area contributed by atoms with Crippen LogP contribution in [0.5, 0.6) is 0 Å². The molecule has 0 spiro atoms. The maximum atomic E-state index is 12.6. The van der Waals surface area contributed by atoms with Gasteiger partial charge in [-0.2, -0.15) is 0 Å². The third-order valence-electron chi connectivity index (χ3n) is 6.23. The molecule has 0 aromatic rings. The summed E-state index contributed by atoms with van der Waals surface area (Å²) in [4.78, 5) is 25.2. The van der Waals surface area contributed by atoms with Crippen molar-refractivity contribution >= 4 is 11.9 Å². The second-order valence-electron chi connectivity index (χ2n) is 8.54. The molecule has 0 radical (unpaired) electrons. The number of esters is 2. The van der Waals surface area contributed by atoms with Crippen LogP contribution in [-0.2, 0) is 19.1 Å². The van der Waals surface area contributed by atoms with E-state index in [0.717, 1.165) is 25.7 Å². The van der Waals surface area contributed by atoms with E-state index in [9.17, 15) is 9.59 Å². The van der Waals surface area contributed by atoms with Crippen LogP contribution >= 0.6 is 0 Å². The number of hydrogen-bond donors (Lipinski definition) is 0. The molecule has 0 aromatic heterocycles. The van der Waals surface area contributed by atoms with Gasteiger partial charge in [0.15, 0.2) is 0 Å². The van der Waals surface area contributed by atoms with Crippen LogP contribution in [0.2, 0.25) is 0 Å². The first kappa shape index (κ1) is 27.9. The van der Waals surface area contributed by atoms with E-state index in [1.165, 1.54) is 25.7 Å². The smallest absolute Gasteiger partial charge is 0.308 e. The molecule has 0 saturated heterocycles. The summed E-state index contributed by atoms with van der Waals surface area (Å²) in [5.41, 5.74) is 0. The monoisotopic (exact) mass is 412 g/mol. The number of unbranched alkanes of at least 4 members (excludes halogenated alkanes) is 2. The summed E-state index contributed by atoms with van der Waals surface area (Å²) in [5.74, 6) is 0.137. The lowest BCUT2D eigenvalue weighted by Gasteiger charge is -2.22. The first-order valence-electron chi connectivity index (χ1n) is 12.3. The van der Waals surface area contributed by atoms with E-state index in [2.05, 4.69) is 27.7 Å². The lowest BCUT2D eigenvalue weighted by molar-refractivity contribution is -0.154. The highest BCUT2D eigenvalue weighted by Gasteiger charge is 2.28. The Balaban J connectivity index is 4.59. The van der Waals surface area contributed by atoms with Crippen LogP contribution < -0.4 is 0 Å². The van der Waals surface area contributed by atoms with Crippen molar-refractivity contribution in [2.24, 2.45) is 23.7 Å². The van der Waals surface area contributed by atoms with Crippen molar-refractivity contribution in [3.63, 3.8) is 0 Å². The van der Waals surface area contributed by atoms with Crippen LogP contribution in [0.4, 0.5) is 0 Å². The molecule has 0 amide bonds. The van der Waals surface area contributed by atoms with Gasteiger partial charge in [-0.25, -0.2) is 0 Å². The molecule has 0 aliphatic heterocycles. The van der Waals surface area contributed by atoms with Crippen molar-refractivity contribution in [1.82, 2.24) is 0 Å². The highest BCUT2D eigenvalue weighted by atomic mass is 16.5. The van der Waals surface area contributed by atoms with Gasteiger partial charge in [-0.1, -0.05) is 80.1 Å². The number of ether oxygens (including phenoxy) is 2. The van der Waals surface area contributed by atoms with Crippen molar-refractivity contribution in [3.8, 4) is 0 Å². The largest absolute Gasteiger partial charge is 0.465 e. The van der Waals surface area contributed by atoms with Gasteiger partial charge in [0.05, 0.1) is 25.0 Å². The van der Waals surface area contributed by atoms with Crippen molar-refractivity contribution in [2.75, 3.05) is 13.2 Å². The van der Waals surface area contributed by atoms with E-state index in [1.807, 2.05) is 13.8 Å². The molecule has 4 atom stereocenters.